The summed E-state index contributed by atoms with van der Waals surface area (Å²) in [5.41, 5.74) is -0.686. The molecule has 0 atom stereocenters. The molecule has 0 radical (unpaired) electrons. The van der Waals surface area contributed by atoms with Gasteiger partial charge in [-0.1, -0.05) is 12.8 Å². The summed E-state index contributed by atoms with van der Waals surface area (Å²) in [5.74, 6) is 0.492. The van der Waals surface area contributed by atoms with Crippen LogP contribution < -0.4 is 10.6 Å². The molecular weight excluding hydrogens is 299 g/mol. The van der Waals surface area contributed by atoms with Gasteiger partial charge in [0.2, 0.25) is 0 Å². The third kappa shape index (κ3) is 3.96. The number of pyridine rings is 1. The number of alkyl halides is 3. The summed E-state index contributed by atoms with van der Waals surface area (Å²) >= 11 is 1.79. The standard InChI is InChI=1S/C14H20F3N3S/c1-18-11-7-10(14(15,16)17)8-12(20-11)19-9-13(21-2)5-3-4-6-13/h7-8H,3-6,9H2,1-2H3,(H2,18,19,20). The summed E-state index contributed by atoms with van der Waals surface area (Å²) < 4.78 is 38.8. The number of hydrogen-bond donors (Lipinski definition) is 2. The molecule has 0 unspecified atom stereocenters. The Labute approximate surface area is 127 Å². The summed E-state index contributed by atoms with van der Waals surface area (Å²) in [5, 5.41) is 5.77. The number of hydrogen-bond acceptors (Lipinski definition) is 4. The first kappa shape index (κ1) is 16.3. The molecule has 21 heavy (non-hydrogen) atoms. The molecule has 0 spiro atoms. The molecule has 0 saturated heterocycles. The van der Waals surface area contributed by atoms with Crippen molar-refractivity contribution in [2.45, 2.75) is 36.6 Å². The van der Waals surface area contributed by atoms with Crippen molar-refractivity contribution in [2.24, 2.45) is 0 Å². The minimum Gasteiger partial charge on any atom is -0.373 e. The van der Waals surface area contributed by atoms with Gasteiger partial charge in [-0.05, 0) is 31.2 Å². The van der Waals surface area contributed by atoms with Gasteiger partial charge >= 0.3 is 6.18 Å². The van der Waals surface area contributed by atoms with Gasteiger partial charge in [0.25, 0.3) is 0 Å². The van der Waals surface area contributed by atoms with Gasteiger partial charge in [0.05, 0.1) is 5.56 Å². The molecule has 1 aromatic heterocycles. The quantitative estimate of drug-likeness (QED) is 0.851. The maximum absolute atomic E-state index is 12.9. The monoisotopic (exact) mass is 319 g/mol. The summed E-state index contributed by atoms with van der Waals surface area (Å²) in [6, 6.07) is 2.09. The summed E-state index contributed by atoms with van der Waals surface area (Å²) in [6.07, 6.45) is 2.25. The number of nitrogens with zero attached hydrogens (tertiary/aromatic N) is 1. The van der Waals surface area contributed by atoms with E-state index < -0.39 is 11.7 Å². The van der Waals surface area contributed by atoms with E-state index in [9.17, 15) is 13.2 Å². The molecule has 1 saturated carbocycles. The number of anilines is 2. The van der Waals surface area contributed by atoms with Crippen LogP contribution >= 0.6 is 11.8 Å². The Morgan fingerprint density at radius 2 is 1.86 bits per heavy atom. The third-order valence-corrected chi connectivity index (χ3v) is 5.37. The largest absolute Gasteiger partial charge is 0.416 e. The van der Waals surface area contributed by atoms with Crippen molar-refractivity contribution in [3.05, 3.63) is 17.7 Å². The first-order valence-electron chi connectivity index (χ1n) is 6.95. The average Bonchev–Trinajstić information content (AvgIpc) is 2.93. The molecule has 118 valence electrons. The van der Waals surface area contributed by atoms with Crippen LogP contribution in [0.5, 0.6) is 0 Å². The Hall–Kier alpha value is -1.11. The van der Waals surface area contributed by atoms with Crippen LogP contribution in [0, 0.1) is 0 Å². The third-order valence-electron chi connectivity index (χ3n) is 3.95. The van der Waals surface area contributed by atoms with Crippen LogP contribution in [0.2, 0.25) is 0 Å². The number of rotatable bonds is 5. The van der Waals surface area contributed by atoms with Crippen LogP contribution in [0.1, 0.15) is 31.2 Å². The van der Waals surface area contributed by atoms with Crippen LogP contribution in [-0.2, 0) is 6.18 Å². The first-order valence-corrected chi connectivity index (χ1v) is 8.17. The van der Waals surface area contributed by atoms with Crippen molar-refractivity contribution in [3.8, 4) is 0 Å². The van der Waals surface area contributed by atoms with E-state index in [0.717, 1.165) is 25.0 Å². The molecule has 1 fully saturated rings. The topological polar surface area (TPSA) is 37.0 Å². The number of nitrogens with one attached hydrogen (secondary N) is 2. The molecular formula is C14H20F3N3S. The predicted molar refractivity (Wildman–Crippen MR) is 82.0 cm³/mol. The van der Waals surface area contributed by atoms with Gasteiger partial charge in [-0.25, -0.2) is 4.98 Å². The number of thioether (sulfide) groups is 1. The van der Waals surface area contributed by atoms with Crippen LogP contribution in [0.3, 0.4) is 0 Å². The number of aromatic nitrogens is 1. The van der Waals surface area contributed by atoms with Crippen molar-refractivity contribution in [2.75, 3.05) is 30.5 Å². The summed E-state index contributed by atoms with van der Waals surface area (Å²) in [7, 11) is 1.56. The maximum atomic E-state index is 12.9. The molecule has 0 bridgehead atoms. The Morgan fingerprint density at radius 1 is 1.24 bits per heavy atom. The molecule has 1 aliphatic carbocycles. The van der Waals surface area contributed by atoms with E-state index in [1.807, 2.05) is 0 Å². The van der Waals surface area contributed by atoms with Crippen LogP contribution in [-0.4, -0.2) is 29.6 Å². The average molecular weight is 319 g/mol. The zero-order valence-corrected chi connectivity index (χ0v) is 13.0. The fraction of sp³-hybridized carbons (Fsp3) is 0.643. The normalized spacial score (nSPS) is 17.8. The minimum absolute atomic E-state index is 0.121. The lowest BCUT2D eigenvalue weighted by molar-refractivity contribution is -0.137. The maximum Gasteiger partial charge on any atom is 0.416 e. The van der Waals surface area contributed by atoms with E-state index in [4.69, 9.17) is 0 Å². The van der Waals surface area contributed by atoms with E-state index in [1.54, 1.807) is 18.8 Å². The lowest BCUT2D eigenvalue weighted by Gasteiger charge is -2.27. The van der Waals surface area contributed by atoms with Gasteiger partial charge in [-0.2, -0.15) is 24.9 Å². The molecule has 2 rings (SSSR count). The van der Waals surface area contributed by atoms with Crippen LogP contribution in [0.15, 0.2) is 12.1 Å². The van der Waals surface area contributed by atoms with Crippen LogP contribution in [0.4, 0.5) is 24.8 Å². The van der Waals surface area contributed by atoms with Crippen LogP contribution in [0.25, 0.3) is 0 Å². The van der Waals surface area contributed by atoms with Crippen molar-refractivity contribution >= 4 is 23.4 Å². The fourth-order valence-electron chi connectivity index (χ4n) is 2.64. The summed E-state index contributed by atoms with van der Waals surface area (Å²) in [4.78, 5) is 4.16. The van der Waals surface area contributed by atoms with Gasteiger partial charge in [-0.15, -0.1) is 0 Å². The molecule has 1 aromatic rings. The minimum atomic E-state index is -4.37. The smallest absolute Gasteiger partial charge is 0.373 e. The zero-order valence-electron chi connectivity index (χ0n) is 12.2. The lowest BCUT2D eigenvalue weighted by Crippen LogP contribution is -2.30. The Morgan fingerprint density at radius 3 is 2.38 bits per heavy atom. The predicted octanol–water partition coefficient (Wildman–Crippen LogP) is 4.23. The van der Waals surface area contributed by atoms with Crippen molar-refractivity contribution in [1.29, 1.82) is 0 Å². The molecule has 0 amide bonds. The highest BCUT2D eigenvalue weighted by atomic mass is 32.2. The van der Waals surface area contributed by atoms with Crippen molar-refractivity contribution < 1.29 is 13.2 Å². The Bertz CT molecular complexity index is 485. The number of halogens is 3. The highest BCUT2D eigenvalue weighted by Crippen LogP contribution is 2.40. The molecule has 0 aromatic carbocycles. The zero-order chi connectivity index (χ0) is 15.5. The van der Waals surface area contributed by atoms with Crippen molar-refractivity contribution in [3.63, 3.8) is 0 Å². The van der Waals surface area contributed by atoms with Gasteiger partial charge in [0.15, 0.2) is 0 Å². The second-order valence-electron chi connectivity index (χ2n) is 5.32. The molecule has 1 heterocycles. The molecule has 2 N–H and O–H groups in total. The second kappa shape index (κ2) is 6.34. The van der Waals surface area contributed by atoms with E-state index in [0.29, 0.717) is 6.54 Å². The SMILES string of the molecule is CNc1cc(C(F)(F)F)cc(NCC2(SC)CCCC2)n1. The highest BCUT2D eigenvalue weighted by molar-refractivity contribution is 8.00. The van der Waals surface area contributed by atoms with Crippen molar-refractivity contribution in [1.82, 2.24) is 4.98 Å². The van der Waals surface area contributed by atoms with Gasteiger partial charge in [0, 0.05) is 18.3 Å². The van der Waals surface area contributed by atoms with Gasteiger partial charge in [-0.3, -0.25) is 0 Å². The Kier molecular flexibility index (Phi) is 4.91. The first-order chi connectivity index (χ1) is 9.88. The molecule has 3 nitrogen and oxygen atoms in total. The fourth-order valence-corrected chi connectivity index (χ4v) is 3.55. The Balaban J connectivity index is 2.15. The molecule has 7 heteroatoms. The van der Waals surface area contributed by atoms with Gasteiger partial charge < -0.3 is 10.6 Å². The van der Waals surface area contributed by atoms with Gasteiger partial charge in [0.1, 0.15) is 11.6 Å². The molecule has 1 aliphatic rings. The van der Waals surface area contributed by atoms with E-state index in [-0.39, 0.29) is 16.4 Å². The second-order valence-corrected chi connectivity index (χ2v) is 6.60. The molecule has 0 aliphatic heterocycles. The van der Waals surface area contributed by atoms with E-state index in [2.05, 4.69) is 21.9 Å². The highest BCUT2D eigenvalue weighted by Gasteiger charge is 2.34. The summed E-state index contributed by atoms with van der Waals surface area (Å²) in [6.45, 7) is 0.644. The van der Waals surface area contributed by atoms with E-state index >= 15 is 0 Å². The van der Waals surface area contributed by atoms with E-state index in [1.165, 1.54) is 12.8 Å². The lowest BCUT2D eigenvalue weighted by atomic mass is 10.1.